The van der Waals surface area contributed by atoms with Gasteiger partial charge in [0.25, 0.3) is 0 Å². The van der Waals surface area contributed by atoms with Crippen LogP contribution in [-0.4, -0.2) is 44.5 Å². The minimum Gasteiger partial charge on any atom is -0.464 e. The van der Waals surface area contributed by atoms with Gasteiger partial charge in [-0.25, -0.2) is 19.6 Å². The number of carbonyl (C=O) groups excluding carboxylic acids is 2. The molecule has 0 aliphatic rings. The highest BCUT2D eigenvalue weighted by atomic mass is 16.6. The molecule has 0 N–H and O–H groups in total. The van der Waals surface area contributed by atoms with E-state index in [0.717, 1.165) is 10.9 Å². The van der Waals surface area contributed by atoms with Gasteiger partial charge in [0.2, 0.25) is 0 Å². The van der Waals surface area contributed by atoms with Gasteiger partial charge in [-0.15, -0.1) is 0 Å². The van der Waals surface area contributed by atoms with Crippen LogP contribution in [0, 0.1) is 6.92 Å². The lowest BCUT2D eigenvalue weighted by Crippen LogP contribution is -2.27. The Labute approximate surface area is 156 Å². The summed E-state index contributed by atoms with van der Waals surface area (Å²) in [6, 6.07) is 6.99. The van der Waals surface area contributed by atoms with E-state index in [1.165, 1.54) is 18.1 Å². The zero-order valence-electron chi connectivity index (χ0n) is 15.8. The summed E-state index contributed by atoms with van der Waals surface area (Å²) >= 11 is 0. The van der Waals surface area contributed by atoms with Gasteiger partial charge in [-0.2, -0.15) is 9.78 Å². The Morgan fingerprint density at radius 1 is 1.11 bits per heavy atom. The number of esters is 1. The molecule has 8 nitrogen and oxygen atoms in total. The largest absolute Gasteiger partial charge is 0.464 e. The molecule has 3 aromatic rings. The molecule has 0 aliphatic heterocycles. The smallest absolute Gasteiger partial charge is 0.435 e. The summed E-state index contributed by atoms with van der Waals surface area (Å²) in [6.07, 6.45) is 0.770. The van der Waals surface area contributed by atoms with Crippen molar-refractivity contribution in [1.82, 2.24) is 19.7 Å². The predicted molar refractivity (Wildman–Crippen MR) is 98.5 cm³/mol. The molecule has 0 saturated carbocycles. The summed E-state index contributed by atoms with van der Waals surface area (Å²) in [6.45, 7) is 7.22. The second kappa shape index (κ2) is 6.79. The Kier molecular flexibility index (Phi) is 4.65. The van der Waals surface area contributed by atoms with E-state index in [4.69, 9.17) is 9.47 Å². The second-order valence-electron chi connectivity index (χ2n) is 6.99. The minimum atomic E-state index is -0.617. The summed E-state index contributed by atoms with van der Waals surface area (Å²) in [7, 11) is 1.30. The molecular weight excluding hydrogens is 348 g/mol. The Bertz CT molecular complexity index is 1030. The third-order valence-electron chi connectivity index (χ3n) is 3.79. The number of nitrogens with zero attached hydrogens (tertiary/aromatic N) is 4. The van der Waals surface area contributed by atoms with Crippen molar-refractivity contribution in [3.05, 3.63) is 42.0 Å². The normalized spacial score (nSPS) is 11.4. The zero-order chi connectivity index (χ0) is 19.8. The summed E-state index contributed by atoms with van der Waals surface area (Å²) in [4.78, 5) is 32.2. The first-order valence-electron chi connectivity index (χ1n) is 8.33. The fourth-order valence-corrected chi connectivity index (χ4v) is 2.60. The van der Waals surface area contributed by atoms with Gasteiger partial charge < -0.3 is 9.47 Å². The molecule has 0 spiro atoms. The first kappa shape index (κ1) is 18.5. The highest BCUT2D eigenvalue weighted by molar-refractivity contribution is 5.93. The van der Waals surface area contributed by atoms with Crippen LogP contribution in [0.3, 0.4) is 0 Å². The van der Waals surface area contributed by atoms with Gasteiger partial charge in [-0.1, -0.05) is 6.07 Å². The molecule has 0 fully saturated rings. The molecule has 27 heavy (non-hydrogen) atoms. The minimum absolute atomic E-state index is 0.170. The van der Waals surface area contributed by atoms with Crippen LogP contribution in [0.4, 0.5) is 4.79 Å². The molecule has 3 rings (SSSR count). The van der Waals surface area contributed by atoms with Gasteiger partial charge in [0.05, 0.1) is 24.0 Å². The van der Waals surface area contributed by atoms with Crippen LogP contribution in [0.5, 0.6) is 0 Å². The highest BCUT2D eigenvalue weighted by Crippen LogP contribution is 2.26. The maximum absolute atomic E-state index is 12.4. The van der Waals surface area contributed by atoms with E-state index in [2.05, 4.69) is 15.1 Å². The predicted octanol–water partition coefficient (Wildman–Crippen LogP) is 3.37. The van der Waals surface area contributed by atoms with Gasteiger partial charge in [-0.3, -0.25) is 0 Å². The second-order valence-corrected chi connectivity index (χ2v) is 6.99. The molecule has 1 aromatic carbocycles. The molecular formula is C19H20N4O4. The summed E-state index contributed by atoms with van der Waals surface area (Å²) in [5.74, 6) is -0.534. The first-order valence-corrected chi connectivity index (χ1v) is 8.33. The molecule has 0 aliphatic carbocycles. The van der Waals surface area contributed by atoms with Gasteiger partial charge in [-0.05, 0) is 45.9 Å². The SMILES string of the molecule is COC(=O)c1cc(-c2ccc3c(c2)c(C)nn3C(=O)OC(C)(C)C)ncn1. The van der Waals surface area contributed by atoms with Crippen LogP contribution in [-0.2, 0) is 9.47 Å². The third kappa shape index (κ3) is 3.79. The van der Waals surface area contributed by atoms with Crippen molar-refractivity contribution in [2.45, 2.75) is 33.3 Å². The van der Waals surface area contributed by atoms with E-state index < -0.39 is 17.7 Å². The van der Waals surface area contributed by atoms with Crippen LogP contribution < -0.4 is 0 Å². The van der Waals surface area contributed by atoms with Crippen molar-refractivity contribution < 1.29 is 19.1 Å². The lowest BCUT2D eigenvalue weighted by atomic mass is 10.1. The number of ether oxygens (including phenoxy) is 2. The molecule has 0 unspecified atom stereocenters. The number of aryl methyl sites for hydroxylation is 1. The quantitative estimate of drug-likeness (QED) is 0.640. The van der Waals surface area contributed by atoms with E-state index in [-0.39, 0.29) is 5.69 Å². The van der Waals surface area contributed by atoms with Crippen LogP contribution >= 0.6 is 0 Å². The van der Waals surface area contributed by atoms with E-state index in [1.54, 1.807) is 39.0 Å². The fourth-order valence-electron chi connectivity index (χ4n) is 2.60. The molecule has 0 amide bonds. The highest BCUT2D eigenvalue weighted by Gasteiger charge is 2.21. The Balaban J connectivity index is 2.03. The van der Waals surface area contributed by atoms with Crippen molar-refractivity contribution in [2.24, 2.45) is 0 Å². The zero-order valence-corrected chi connectivity index (χ0v) is 15.8. The van der Waals surface area contributed by atoms with Gasteiger partial charge >= 0.3 is 12.1 Å². The van der Waals surface area contributed by atoms with Crippen molar-refractivity contribution in [2.75, 3.05) is 7.11 Å². The van der Waals surface area contributed by atoms with Crippen molar-refractivity contribution in [1.29, 1.82) is 0 Å². The number of fused-ring (bicyclic) bond motifs is 1. The lowest BCUT2D eigenvalue weighted by molar-refractivity contribution is 0.0521. The van der Waals surface area contributed by atoms with E-state index in [1.807, 2.05) is 13.0 Å². The Morgan fingerprint density at radius 3 is 2.52 bits per heavy atom. The third-order valence-corrected chi connectivity index (χ3v) is 3.79. The van der Waals surface area contributed by atoms with E-state index >= 15 is 0 Å². The topological polar surface area (TPSA) is 96.2 Å². The fraction of sp³-hybridized carbons (Fsp3) is 0.316. The van der Waals surface area contributed by atoms with Crippen molar-refractivity contribution in [3.63, 3.8) is 0 Å². The summed E-state index contributed by atoms with van der Waals surface area (Å²) in [5, 5.41) is 5.09. The van der Waals surface area contributed by atoms with Crippen molar-refractivity contribution >= 4 is 23.0 Å². The Hall–Kier alpha value is -3.29. The van der Waals surface area contributed by atoms with Crippen LogP contribution in [0.1, 0.15) is 37.0 Å². The molecule has 0 atom stereocenters. The number of rotatable bonds is 2. The molecule has 0 bridgehead atoms. The van der Waals surface area contributed by atoms with Crippen molar-refractivity contribution in [3.8, 4) is 11.3 Å². The molecule has 0 saturated heterocycles. The molecule has 140 valence electrons. The molecule has 0 radical (unpaired) electrons. The lowest BCUT2D eigenvalue weighted by Gasteiger charge is -2.19. The number of hydrogen-bond acceptors (Lipinski definition) is 7. The number of benzene rings is 1. The van der Waals surface area contributed by atoms with Gasteiger partial charge in [0.15, 0.2) is 5.69 Å². The van der Waals surface area contributed by atoms with Crippen LogP contribution in [0.25, 0.3) is 22.2 Å². The number of carbonyl (C=O) groups is 2. The molecule has 2 heterocycles. The van der Waals surface area contributed by atoms with Gasteiger partial charge in [0.1, 0.15) is 11.9 Å². The molecule has 8 heteroatoms. The van der Waals surface area contributed by atoms with Crippen LogP contribution in [0.15, 0.2) is 30.6 Å². The average Bonchev–Trinajstić information content (AvgIpc) is 2.96. The number of hydrogen-bond donors (Lipinski definition) is 0. The van der Waals surface area contributed by atoms with E-state index in [9.17, 15) is 9.59 Å². The first-order chi connectivity index (χ1) is 12.7. The number of methoxy groups -OCH3 is 1. The maximum Gasteiger partial charge on any atom is 0.435 e. The summed E-state index contributed by atoms with van der Waals surface area (Å²) < 4.78 is 11.3. The van der Waals surface area contributed by atoms with Gasteiger partial charge in [0, 0.05) is 10.9 Å². The maximum atomic E-state index is 12.4. The molecule has 2 aromatic heterocycles. The number of aromatic nitrogens is 4. The summed E-state index contributed by atoms with van der Waals surface area (Å²) in [5.41, 5.74) is 2.20. The monoisotopic (exact) mass is 368 g/mol. The average molecular weight is 368 g/mol. The Morgan fingerprint density at radius 2 is 1.85 bits per heavy atom. The van der Waals surface area contributed by atoms with E-state index in [0.29, 0.717) is 16.9 Å². The van der Waals surface area contributed by atoms with Crippen LogP contribution in [0.2, 0.25) is 0 Å². The standard InChI is InChI=1S/C19H20N4O4/c1-11-13-8-12(14-9-15(17(24)26-5)21-10-20-14)6-7-16(13)23(22-11)18(25)27-19(2,3)4/h6-10H,1-5H3.